The summed E-state index contributed by atoms with van der Waals surface area (Å²) < 4.78 is 0. The molecule has 4 rings (SSSR count). The fourth-order valence-electron chi connectivity index (χ4n) is 2.80. The molecule has 6 nitrogen and oxygen atoms in total. The number of hydrogen-bond donors (Lipinski definition) is 3. The summed E-state index contributed by atoms with van der Waals surface area (Å²) in [7, 11) is 0. The Bertz CT molecular complexity index is 1040. The molecule has 0 radical (unpaired) electrons. The first-order valence-corrected chi connectivity index (χ1v) is 8.81. The molecule has 1 aromatic heterocycles. The lowest BCUT2D eigenvalue weighted by molar-refractivity contribution is 0.477. The van der Waals surface area contributed by atoms with E-state index in [4.69, 9.17) is 0 Å². The number of phenols is 2. The van der Waals surface area contributed by atoms with Gasteiger partial charge in [0.2, 0.25) is 5.95 Å². The number of para-hydroxylation sites is 2. The number of rotatable bonds is 5. The highest BCUT2D eigenvalue weighted by Gasteiger charge is 2.14. The fraction of sp³-hybridized carbons (Fsp3) is 0.0455. The summed E-state index contributed by atoms with van der Waals surface area (Å²) in [5.74, 6) is 1.15. The SMILES string of the molecule is Oc1ccccc1-c1nc(NCc2ccccc2)nc(-c2ccccc2O)n1. The first-order chi connectivity index (χ1) is 13.7. The van der Waals surface area contributed by atoms with Gasteiger partial charge in [-0.3, -0.25) is 0 Å². The lowest BCUT2D eigenvalue weighted by Crippen LogP contribution is -2.07. The second kappa shape index (κ2) is 7.75. The zero-order valence-corrected chi connectivity index (χ0v) is 14.9. The van der Waals surface area contributed by atoms with Gasteiger partial charge in [0, 0.05) is 6.54 Å². The highest BCUT2D eigenvalue weighted by atomic mass is 16.3. The zero-order chi connectivity index (χ0) is 19.3. The largest absolute Gasteiger partial charge is 0.507 e. The minimum atomic E-state index is 0.0749. The predicted molar refractivity (Wildman–Crippen MR) is 108 cm³/mol. The number of nitrogens with one attached hydrogen (secondary N) is 1. The quantitative estimate of drug-likeness (QED) is 0.487. The normalized spacial score (nSPS) is 10.6. The topological polar surface area (TPSA) is 91.2 Å². The van der Waals surface area contributed by atoms with Crippen molar-refractivity contribution >= 4 is 5.95 Å². The van der Waals surface area contributed by atoms with E-state index in [1.807, 2.05) is 30.3 Å². The van der Waals surface area contributed by atoms with Crippen molar-refractivity contribution in [2.75, 3.05) is 5.32 Å². The zero-order valence-electron chi connectivity index (χ0n) is 14.9. The Morgan fingerprint density at radius 2 is 1.11 bits per heavy atom. The maximum absolute atomic E-state index is 10.2. The second-order valence-corrected chi connectivity index (χ2v) is 6.18. The molecule has 28 heavy (non-hydrogen) atoms. The number of aromatic nitrogens is 3. The molecule has 0 aliphatic carbocycles. The molecule has 0 saturated heterocycles. The van der Waals surface area contributed by atoms with Crippen LogP contribution in [0.5, 0.6) is 11.5 Å². The lowest BCUT2D eigenvalue weighted by atomic mass is 10.1. The summed E-state index contributed by atoms with van der Waals surface area (Å²) in [6.07, 6.45) is 0. The Labute approximate surface area is 162 Å². The molecule has 0 saturated carbocycles. The van der Waals surface area contributed by atoms with Crippen LogP contribution in [0.1, 0.15) is 5.56 Å². The Morgan fingerprint density at radius 1 is 0.607 bits per heavy atom. The van der Waals surface area contributed by atoms with Crippen molar-refractivity contribution in [1.82, 2.24) is 15.0 Å². The summed E-state index contributed by atoms with van der Waals surface area (Å²) in [5.41, 5.74) is 2.06. The van der Waals surface area contributed by atoms with E-state index in [0.717, 1.165) is 5.56 Å². The van der Waals surface area contributed by atoms with Crippen LogP contribution in [0, 0.1) is 0 Å². The molecular weight excluding hydrogens is 352 g/mol. The van der Waals surface area contributed by atoms with Gasteiger partial charge in [-0.25, -0.2) is 4.98 Å². The van der Waals surface area contributed by atoms with Gasteiger partial charge >= 0.3 is 0 Å². The van der Waals surface area contributed by atoms with Crippen molar-refractivity contribution in [1.29, 1.82) is 0 Å². The minimum absolute atomic E-state index is 0.0749. The summed E-state index contributed by atoms with van der Waals surface area (Å²) in [5, 5.41) is 23.6. The van der Waals surface area contributed by atoms with Crippen LogP contribution in [-0.4, -0.2) is 25.2 Å². The third kappa shape index (κ3) is 3.76. The highest BCUT2D eigenvalue weighted by Crippen LogP contribution is 2.31. The molecule has 0 bridgehead atoms. The van der Waals surface area contributed by atoms with E-state index in [1.54, 1.807) is 48.5 Å². The van der Waals surface area contributed by atoms with Crippen LogP contribution in [0.25, 0.3) is 22.8 Å². The molecule has 3 N–H and O–H groups in total. The van der Waals surface area contributed by atoms with Gasteiger partial charge in [-0.15, -0.1) is 0 Å². The van der Waals surface area contributed by atoms with Gasteiger partial charge in [0.15, 0.2) is 11.6 Å². The van der Waals surface area contributed by atoms with Gasteiger partial charge in [-0.05, 0) is 29.8 Å². The van der Waals surface area contributed by atoms with E-state index in [-0.39, 0.29) is 11.5 Å². The van der Waals surface area contributed by atoms with Crippen molar-refractivity contribution < 1.29 is 10.2 Å². The molecule has 138 valence electrons. The molecule has 0 aliphatic heterocycles. The predicted octanol–water partition coefficient (Wildman–Crippen LogP) is 4.23. The van der Waals surface area contributed by atoms with E-state index < -0.39 is 0 Å². The maximum Gasteiger partial charge on any atom is 0.227 e. The van der Waals surface area contributed by atoms with Crippen LogP contribution in [-0.2, 0) is 6.54 Å². The summed E-state index contributed by atoms with van der Waals surface area (Å²) in [6.45, 7) is 0.533. The number of anilines is 1. The first kappa shape index (κ1) is 17.5. The van der Waals surface area contributed by atoms with E-state index in [1.165, 1.54) is 0 Å². The second-order valence-electron chi connectivity index (χ2n) is 6.18. The fourth-order valence-corrected chi connectivity index (χ4v) is 2.80. The molecule has 0 spiro atoms. The first-order valence-electron chi connectivity index (χ1n) is 8.81. The molecule has 0 amide bonds. The maximum atomic E-state index is 10.2. The number of benzene rings is 3. The molecule has 4 aromatic rings. The van der Waals surface area contributed by atoms with Crippen LogP contribution >= 0.6 is 0 Å². The number of nitrogens with zero attached hydrogens (tertiary/aromatic N) is 3. The van der Waals surface area contributed by atoms with E-state index >= 15 is 0 Å². The van der Waals surface area contributed by atoms with Crippen molar-refractivity contribution in [2.24, 2.45) is 0 Å². The van der Waals surface area contributed by atoms with Crippen molar-refractivity contribution in [3.05, 3.63) is 84.4 Å². The van der Waals surface area contributed by atoms with Crippen LogP contribution in [0.3, 0.4) is 0 Å². The van der Waals surface area contributed by atoms with Gasteiger partial charge in [0.25, 0.3) is 0 Å². The Morgan fingerprint density at radius 3 is 1.64 bits per heavy atom. The Balaban J connectivity index is 1.77. The van der Waals surface area contributed by atoms with Crippen molar-refractivity contribution in [3.8, 4) is 34.3 Å². The van der Waals surface area contributed by atoms with Gasteiger partial charge in [-0.2, -0.15) is 9.97 Å². The summed E-state index contributed by atoms with van der Waals surface area (Å²) in [4.78, 5) is 13.4. The third-order valence-corrected chi connectivity index (χ3v) is 4.22. The van der Waals surface area contributed by atoms with Crippen molar-refractivity contribution in [2.45, 2.75) is 6.54 Å². The van der Waals surface area contributed by atoms with Gasteiger partial charge in [0.1, 0.15) is 11.5 Å². The van der Waals surface area contributed by atoms with Crippen LogP contribution in [0.2, 0.25) is 0 Å². The molecule has 6 heteroatoms. The monoisotopic (exact) mass is 370 g/mol. The van der Waals surface area contributed by atoms with Crippen molar-refractivity contribution in [3.63, 3.8) is 0 Å². The molecular formula is C22H18N4O2. The minimum Gasteiger partial charge on any atom is -0.507 e. The molecule has 0 aliphatic rings. The van der Waals surface area contributed by atoms with Crippen LogP contribution in [0.15, 0.2) is 78.9 Å². The average molecular weight is 370 g/mol. The van der Waals surface area contributed by atoms with Gasteiger partial charge in [0.05, 0.1) is 11.1 Å². The number of aromatic hydroxyl groups is 2. The average Bonchev–Trinajstić information content (AvgIpc) is 2.73. The highest BCUT2D eigenvalue weighted by molar-refractivity contribution is 5.69. The number of phenolic OH excluding ortho intramolecular Hbond substituents is 2. The lowest BCUT2D eigenvalue weighted by Gasteiger charge is -2.11. The Hall–Kier alpha value is -3.93. The third-order valence-electron chi connectivity index (χ3n) is 4.22. The molecule has 3 aromatic carbocycles. The van der Waals surface area contributed by atoms with Gasteiger partial charge in [-0.1, -0.05) is 54.6 Å². The smallest absolute Gasteiger partial charge is 0.227 e. The molecule has 1 heterocycles. The van der Waals surface area contributed by atoms with Gasteiger partial charge < -0.3 is 15.5 Å². The Kier molecular flexibility index (Phi) is 4.84. The van der Waals surface area contributed by atoms with E-state index in [9.17, 15) is 10.2 Å². The molecule has 0 fully saturated rings. The standard InChI is InChI=1S/C22H18N4O2/c27-18-12-6-4-10-16(18)20-24-21(17-11-5-7-13-19(17)28)26-22(25-20)23-14-15-8-2-1-3-9-15/h1-13,27-28H,14H2,(H,23,24,25,26). The van der Waals surface area contributed by atoms with E-state index in [2.05, 4.69) is 20.3 Å². The molecule has 0 unspecified atom stereocenters. The van der Waals surface area contributed by atoms with E-state index in [0.29, 0.717) is 35.3 Å². The molecule has 0 atom stereocenters. The number of hydrogen-bond acceptors (Lipinski definition) is 6. The summed E-state index contributed by atoms with van der Waals surface area (Å²) >= 11 is 0. The summed E-state index contributed by atoms with van der Waals surface area (Å²) in [6, 6.07) is 23.6. The van der Waals surface area contributed by atoms with Crippen LogP contribution in [0.4, 0.5) is 5.95 Å². The van der Waals surface area contributed by atoms with Crippen LogP contribution < -0.4 is 5.32 Å².